The summed E-state index contributed by atoms with van der Waals surface area (Å²) in [6.45, 7) is 0. The van der Waals surface area contributed by atoms with Crippen LogP contribution in [0.1, 0.15) is 193 Å². The minimum Gasteiger partial charge on any atom is -0.303 e. The lowest BCUT2D eigenvalue weighted by molar-refractivity contribution is -0.137. The van der Waals surface area contributed by atoms with E-state index in [1.54, 1.807) is 0 Å². The Balaban J connectivity index is 0.771. The predicted octanol–water partition coefficient (Wildman–Crippen LogP) is 12.6. The fourth-order valence-electron chi connectivity index (χ4n) is 16.6. The van der Waals surface area contributed by atoms with Crippen molar-refractivity contribution in [3.63, 3.8) is 0 Å². The van der Waals surface area contributed by atoms with E-state index in [2.05, 4.69) is 0 Å². The average Bonchev–Trinajstić information content (AvgIpc) is 3.82. The second kappa shape index (κ2) is 15.1. The molecule has 0 heterocycles. The molecular weight excluding hydrogens is 585 g/mol. The van der Waals surface area contributed by atoms with Crippen molar-refractivity contribution < 1.29 is 9.59 Å². The van der Waals surface area contributed by atoms with Gasteiger partial charge in [0.2, 0.25) is 0 Å². The van der Waals surface area contributed by atoms with Crippen LogP contribution in [0.15, 0.2) is 0 Å². The topological polar surface area (TPSA) is 34.1 Å². The third-order valence-corrected chi connectivity index (χ3v) is 18.3. The lowest BCUT2D eigenvalue weighted by Gasteiger charge is -2.57. The lowest BCUT2D eigenvalue weighted by Crippen LogP contribution is -2.52. The maximum absolute atomic E-state index is 13.0. The largest absolute Gasteiger partial charge is 0.303 e. The number of hydrogen-bond acceptors (Lipinski definition) is 2. The third kappa shape index (κ3) is 6.37. The van der Waals surface area contributed by atoms with Gasteiger partial charge < -0.3 is 9.59 Å². The normalized spacial score (nSPS) is 47.9. The highest BCUT2D eigenvalue weighted by Crippen LogP contribution is 2.64. The molecule has 8 saturated carbocycles. The van der Waals surface area contributed by atoms with Crippen LogP contribution in [0.5, 0.6) is 0 Å². The Morgan fingerprint density at radius 1 is 0.354 bits per heavy atom. The molecule has 0 radical (unpaired) electrons. The van der Waals surface area contributed by atoms with E-state index in [1.807, 2.05) is 0 Å². The van der Waals surface area contributed by atoms with Gasteiger partial charge in [-0.3, -0.25) is 0 Å². The van der Waals surface area contributed by atoms with E-state index >= 15 is 0 Å². The minimum atomic E-state index is 0.0130. The zero-order valence-corrected chi connectivity index (χ0v) is 31.1. The van der Waals surface area contributed by atoms with Gasteiger partial charge in [0.05, 0.1) is 0 Å². The van der Waals surface area contributed by atoms with Crippen LogP contribution in [0, 0.1) is 81.8 Å². The van der Waals surface area contributed by atoms with Crippen LogP contribution in [0.3, 0.4) is 0 Å². The first kappa shape index (κ1) is 34.4. The first-order valence-electron chi connectivity index (χ1n) is 22.6. The molecule has 0 aromatic rings. The van der Waals surface area contributed by atoms with Crippen molar-refractivity contribution in [1.82, 2.24) is 0 Å². The summed E-state index contributed by atoms with van der Waals surface area (Å²) in [5.74, 6) is 10.9. The van der Waals surface area contributed by atoms with Gasteiger partial charge in [-0.15, -0.1) is 0 Å². The van der Waals surface area contributed by atoms with Crippen molar-refractivity contribution in [1.29, 1.82) is 0 Å². The summed E-state index contributed by atoms with van der Waals surface area (Å²) in [6, 6.07) is 0. The molecule has 0 aliphatic heterocycles. The van der Waals surface area contributed by atoms with Gasteiger partial charge in [0.15, 0.2) is 0 Å². The number of aldehydes is 2. The van der Waals surface area contributed by atoms with E-state index in [1.165, 1.54) is 205 Å². The summed E-state index contributed by atoms with van der Waals surface area (Å²) < 4.78 is 0. The molecular formula is C46H74O2. The Kier molecular flexibility index (Phi) is 10.9. The van der Waals surface area contributed by atoms with E-state index in [-0.39, 0.29) is 10.8 Å². The van der Waals surface area contributed by atoms with Crippen LogP contribution < -0.4 is 0 Å². The van der Waals surface area contributed by atoms with Crippen molar-refractivity contribution in [2.24, 2.45) is 81.8 Å². The first-order chi connectivity index (χ1) is 23.7. The molecule has 8 aliphatic carbocycles. The van der Waals surface area contributed by atoms with E-state index < -0.39 is 0 Å². The molecule has 0 amide bonds. The summed E-state index contributed by atoms with van der Waals surface area (Å²) in [5, 5.41) is 0. The third-order valence-electron chi connectivity index (χ3n) is 18.3. The van der Waals surface area contributed by atoms with Crippen LogP contribution >= 0.6 is 0 Å². The van der Waals surface area contributed by atoms with Crippen LogP contribution in [-0.4, -0.2) is 12.6 Å². The zero-order valence-electron chi connectivity index (χ0n) is 31.1. The Morgan fingerprint density at radius 3 is 1.17 bits per heavy atom. The second-order valence-electron chi connectivity index (χ2n) is 20.1. The standard InChI is InChI=1S/C46H74O2/c47-31-45(29-11-15-35-21-23-39-37-17-9-13-33(37)19-25-41(39)43(35)45)27-7-5-3-1-2-4-6-8-28-46(32-48)30-12-16-36-22-24-40-38-18-10-14-34(38)20-26-42(40)44(36)46/h31-44H,1-30H2/t33-,34-,35?,36?,37+,38+,39-,40-,41+,42+,43-,44-,45?,46?/m0/s1. The van der Waals surface area contributed by atoms with Gasteiger partial charge in [0, 0.05) is 10.8 Å². The minimum absolute atomic E-state index is 0.0130. The highest BCUT2D eigenvalue weighted by atomic mass is 16.1. The number of carbonyl (C=O) groups excluding carboxylic acids is 2. The first-order valence-corrected chi connectivity index (χ1v) is 22.6. The molecule has 8 fully saturated rings. The zero-order chi connectivity index (χ0) is 32.6. The molecule has 270 valence electrons. The summed E-state index contributed by atoms with van der Waals surface area (Å²) in [5.41, 5.74) is 0.0261. The molecule has 48 heavy (non-hydrogen) atoms. The summed E-state index contributed by atoms with van der Waals surface area (Å²) in [6.07, 6.45) is 44.5. The van der Waals surface area contributed by atoms with Crippen molar-refractivity contribution in [3.05, 3.63) is 0 Å². The molecule has 4 unspecified atom stereocenters. The van der Waals surface area contributed by atoms with Crippen molar-refractivity contribution >= 4 is 12.6 Å². The molecule has 0 saturated heterocycles. The van der Waals surface area contributed by atoms with Gasteiger partial charge in [-0.25, -0.2) is 0 Å². The van der Waals surface area contributed by atoms with Crippen molar-refractivity contribution in [3.8, 4) is 0 Å². The van der Waals surface area contributed by atoms with Gasteiger partial charge in [-0.1, -0.05) is 103 Å². The highest BCUT2D eigenvalue weighted by molar-refractivity contribution is 5.61. The van der Waals surface area contributed by atoms with Crippen molar-refractivity contribution in [2.75, 3.05) is 0 Å². The molecule has 14 atom stereocenters. The molecule has 0 bridgehead atoms. The Morgan fingerprint density at radius 2 is 0.729 bits per heavy atom. The lowest BCUT2D eigenvalue weighted by atomic mass is 9.47. The quantitative estimate of drug-likeness (QED) is 0.146. The van der Waals surface area contributed by atoms with Gasteiger partial charge in [-0.05, 0) is 161 Å². The Bertz CT molecular complexity index is 998. The summed E-state index contributed by atoms with van der Waals surface area (Å²) in [4.78, 5) is 26.1. The fraction of sp³-hybridized carbons (Fsp3) is 0.957. The van der Waals surface area contributed by atoms with E-state index in [0.717, 1.165) is 71.0 Å². The smallest absolute Gasteiger partial charge is 0.126 e. The monoisotopic (exact) mass is 659 g/mol. The number of rotatable bonds is 13. The molecule has 2 heteroatoms. The molecule has 8 aliphatic rings. The average molecular weight is 659 g/mol. The van der Waals surface area contributed by atoms with Crippen LogP contribution in [-0.2, 0) is 9.59 Å². The van der Waals surface area contributed by atoms with Gasteiger partial charge in [-0.2, -0.15) is 0 Å². The molecule has 8 rings (SSSR count). The van der Waals surface area contributed by atoms with Crippen LogP contribution in [0.4, 0.5) is 0 Å². The second-order valence-corrected chi connectivity index (χ2v) is 20.1. The summed E-state index contributed by atoms with van der Waals surface area (Å²) >= 11 is 0. The molecule has 2 nitrogen and oxygen atoms in total. The highest BCUT2D eigenvalue weighted by Gasteiger charge is 2.57. The van der Waals surface area contributed by atoms with Crippen molar-refractivity contribution in [2.45, 2.75) is 193 Å². The summed E-state index contributed by atoms with van der Waals surface area (Å²) in [7, 11) is 0. The SMILES string of the molecule is O=CC1(CCCCCCCCCCC2(C=O)CCCC3CC[C@H]4[C@@H]5CCC[C@H]5CC[C@H]4[C@H]32)CCCC2CC[C@H]3[C@@H]4CCC[C@H]4CC[C@H]3[C@H]21. The number of hydrogen-bond donors (Lipinski definition) is 0. The van der Waals surface area contributed by atoms with E-state index in [9.17, 15) is 9.59 Å². The molecule has 0 spiro atoms. The number of carbonyl (C=O) groups is 2. The fourth-order valence-corrected chi connectivity index (χ4v) is 16.6. The van der Waals surface area contributed by atoms with Gasteiger partial charge >= 0.3 is 0 Å². The van der Waals surface area contributed by atoms with Crippen LogP contribution in [0.25, 0.3) is 0 Å². The van der Waals surface area contributed by atoms with Gasteiger partial charge in [0.1, 0.15) is 12.6 Å². The van der Waals surface area contributed by atoms with E-state index in [0.29, 0.717) is 0 Å². The number of fused-ring (bicyclic) bond motifs is 10. The Hall–Kier alpha value is -0.660. The molecule has 0 N–H and O–H groups in total. The molecule has 0 aromatic heterocycles. The predicted molar refractivity (Wildman–Crippen MR) is 197 cm³/mol. The maximum Gasteiger partial charge on any atom is 0.126 e. The Labute approximate surface area is 295 Å². The van der Waals surface area contributed by atoms with Crippen LogP contribution in [0.2, 0.25) is 0 Å². The number of unbranched alkanes of at least 4 members (excludes halogenated alkanes) is 7. The maximum atomic E-state index is 13.0. The van der Waals surface area contributed by atoms with Gasteiger partial charge in [0.25, 0.3) is 0 Å². The van der Waals surface area contributed by atoms with E-state index in [4.69, 9.17) is 0 Å². The molecule has 0 aromatic carbocycles.